The van der Waals surface area contributed by atoms with Crippen LogP contribution in [0.2, 0.25) is 0 Å². The van der Waals surface area contributed by atoms with E-state index in [1.54, 1.807) is 23.8 Å². The van der Waals surface area contributed by atoms with E-state index in [-0.39, 0.29) is 28.1 Å². The van der Waals surface area contributed by atoms with Crippen molar-refractivity contribution in [2.75, 3.05) is 13.7 Å². The summed E-state index contributed by atoms with van der Waals surface area (Å²) in [6.45, 7) is 2.99. The van der Waals surface area contributed by atoms with Gasteiger partial charge < -0.3 is 24.3 Å². The number of aromatic nitrogens is 5. The predicted molar refractivity (Wildman–Crippen MR) is 148 cm³/mol. The lowest BCUT2D eigenvalue weighted by molar-refractivity contribution is -0.00150. The number of methoxy groups -OCH3 is 1. The van der Waals surface area contributed by atoms with Gasteiger partial charge in [-0.25, -0.2) is 9.78 Å². The number of aromatic carboxylic acids is 1. The first-order valence-electron chi connectivity index (χ1n) is 13.5. The molecule has 3 fully saturated rings. The van der Waals surface area contributed by atoms with E-state index in [1.165, 1.54) is 16.7 Å². The maximum absolute atomic E-state index is 13.6. The lowest BCUT2D eigenvalue weighted by Gasteiger charge is -2.52. The van der Waals surface area contributed by atoms with Crippen molar-refractivity contribution >= 4 is 28.5 Å². The molecule has 12 heteroatoms. The zero-order chi connectivity index (χ0) is 27.9. The second kappa shape index (κ2) is 10.2. The van der Waals surface area contributed by atoms with E-state index >= 15 is 0 Å². The summed E-state index contributed by atoms with van der Waals surface area (Å²) >= 11 is 1.21. The zero-order valence-corrected chi connectivity index (χ0v) is 23.3. The standard InChI is InChI=1S/C28H31N5O6S/c1-3-13-33-22(34)20-21(32-25(33)39-18-6-4-5-17(14-18)37-2)31-24(30-20)28-10-7-27(8-11-28,9-12-28)16-38-26-29-19(15-40-26)23(35)36/h4-6,14-15H,3,7-13,16H2,1-2H3,(H,30,31)(H,35,36). The number of nitrogens with one attached hydrogen (secondary N) is 1. The topological polar surface area (TPSA) is 141 Å². The molecule has 3 aromatic heterocycles. The summed E-state index contributed by atoms with van der Waals surface area (Å²) in [7, 11) is 1.59. The van der Waals surface area contributed by atoms with E-state index < -0.39 is 5.97 Å². The SMILES string of the molecule is CCCn1c(Oc2cccc(OC)c2)nc2nc(C34CCC(COc5nc(C(=O)O)cs5)(CC3)CC4)[nH]c2c1=O. The monoisotopic (exact) mass is 565 g/mol. The Morgan fingerprint density at radius 2 is 1.88 bits per heavy atom. The lowest BCUT2D eigenvalue weighted by atomic mass is 9.53. The molecular formula is C28H31N5O6S. The molecule has 11 nitrogen and oxygen atoms in total. The van der Waals surface area contributed by atoms with Crippen molar-refractivity contribution in [3.05, 3.63) is 51.5 Å². The van der Waals surface area contributed by atoms with Gasteiger partial charge in [-0.15, -0.1) is 0 Å². The van der Waals surface area contributed by atoms with Crippen molar-refractivity contribution < 1.29 is 24.1 Å². The summed E-state index contributed by atoms with van der Waals surface area (Å²) in [5.41, 5.74) is 0.474. The first-order chi connectivity index (χ1) is 19.3. The van der Waals surface area contributed by atoms with E-state index in [2.05, 4.69) is 15.0 Å². The van der Waals surface area contributed by atoms with Crippen LogP contribution >= 0.6 is 11.3 Å². The minimum atomic E-state index is -1.05. The van der Waals surface area contributed by atoms with Crippen molar-refractivity contribution in [1.29, 1.82) is 0 Å². The minimum Gasteiger partial charge on any atom is -0.497 e. The summed E-state index contributed by atoms with van der Waals surface area (Å²) in [4.78, 5) is 41.6. The lowest BCUT2D eigenvalue weighted by Crippen LogP contribution is -2.47. The number of ether oxygens (including phenoxy) is 3. The number of imidazole rings is 1. The molecule has 40 heavy (non-hydrogen) atoms. The molecule has 3 aliphatic rings. The number of H-pyrrole nitrogens is 1. The number of aromatic amines is 1. The number of nitrogens with zero attached hydrogens (tertiary/aromatic N) is 4. The van der Waals surface area contributed by atoms with E-state index in [1.807, 2.05) is 19.1 Å². The van der Waals surface area contributed by atoms with Crippen LogP contribution < -0.4 is 19.8 Å². The van der Waals surface area contributed by atoms with E-state index in [4.69, 9.17) is 24.3 Å². The summed E-state index contributed by atoms with van der Waals surface area (Å²) in [6, 6.07) is 7.40. The number of carboxylic acid groups (broad SMARTS) is 1. The first kappa shape index (κ1) is 26.3. The highest BCUT2D eigenvalue weighted by Gasteiger charge is 2.51. The van der Waals surface area contributed by atoms with Gasteiger partial charge in [0.05, 0.1) is 13.7 Å². The molecule has 0 saturated heterocycles. The molecule has 0 spiro atoms. The van der Waals surface area contributed by atoms with Gasteiger partial charge >= 0.3 is 12.0 Å². The molecule has 210 valence electrons. The quantitative estimate of drug-likeness (QED) is 0.267. The second-order valence-corrected chi connectivity index (χ2v) is 11.6. The Morgan fingerprint density at radius 1 is 1.12 bits per heavy atom. The fraction of sp³-hybridized carbons (Fsp3) is 0.464. The number of benzene rings is 1. The molecule has 2 N–H and O–H groups in total. The third-order valence-electron chi connectivity index (χ3n) is 8.38. The van der Waals surface area contributed by atoms with E-state index in [0.717, 1.165) is 50.8 Å². The first-order valence-corrected chi connectivity index (χ1v) is 14.4. The molecule has 0 radical (unpaired) electrons. The zero-order valence-electron chi connectivity index (χ0n) is 22.4. The Hall–Kier alpha value is -3.93. The minimum absolute atomic E-state index is 0.0114. The van der Waals surface area contributed by atoms with Gasteiger partial charge in [-0.1, -0.05) is 24.3 Å². The van der Waals surface area contributed by atoms with Crippen molar-refractivity contribution in [2.24, 2.45) is 5.41 Å². The molecule has 3 heterocycles. The van der Waals surface area contributed by atoms with Crippen molar-refractivity contribution in [1.82, 2.24) is 24.5 Å². The number of hydrogen-bond donors (Lipinski definition) is 2. The van der Waals surface area contributed by atoms with Gasteiger partial charge in [0.2, 0.25) is 0 Å². The second-order valence-electron chi connectivity index (χ2n) is 10.8. The van der Waals surface area contributed by atoms with Crippen molar-refractivity contribution in [2.45, 2.75) is 63.8 Å². The Balaban J connectivity index is 1.23. The fourth-order valence-corrected chi connectivity index (χ4v) is 6.60. The highest BCUT2D eigenvalue weighted by atomic mass is 32.1. The molecule has 7 rings (SSSR count). The van der Waals surface area contributed by atoms with Gasteiger partial charge in [-0.2, -0.15) is 9.97 Å². The van der Waals surface area contributed by atoms with Crippen LogP contribution in [0.1, 0.15) is 68.2 Å². The molecule has 2 bridgehead atoms. The maximum atomic E-state index is 13.6. The third kappa shape index (κ3) is 4.70. The number of thiazole rings is 1. The van der Waals surface area contributed by atoms with Gasteiger partial charge in [-0.05, 0) is 57.1 Å². The number of rotatable bonds is 10. The van der Waals surface area contributed by atoms with E-state index in [9.17, 15) is 9.59 Å². The van der Waals surface area contributed by atoms with E-state index in [0.29, 0.717) is 41.0 Å². The van der Waals surface area contributed by atoms with Crippen molar-refractivity contribution in [3.63, 3.8) is 0 Å². The normalized spacial score (nSPS) is 21.9. The van der Waals surface area contributed by atoms with Gasteiger partial charge in [0, 0.05) is 28.8 Å². The molecule has 0 atom stereocenters. The molecule has 0 amide bonds. The Kier molecular flexibility index (Phi) is 6.73. The summed E-state index contributed by atoms with van der Waals surface area (Å²) in [5.74, 6) is 0.941. The molecular weight excluding hydrogens is 534 g/mol. The van der Waals surface area contributed by atoms with Gasteiger partial charge in [0.15, 0.2) is 16.9 Å². The number of carbonyl (C=O) groups is 1. The van der Waals surface area contributed by atoms with Crippen LogP contribution in [-0.4, -0.2) is 49.3 Å². The summed E-state index contributed by atoms with van der Waals surface area (Å²) < 4.78 is 18.9. The van der Waals surface area contributed by atoms with Crippen LogP contribution in [0.3, 0.4) is 0 Å². The number of carboxylic acids is 1. The summed E-state index contributed by atoms with van der Waals surface area (Å²) in [5, 5.41) is 11.0. The fourth-order valence-electron chi connectivity index (χ4n) is 5.96. The van der Waals surface area contributed by atoms with Gasteiger partial charge in [-0.3, -0.25) is 9.36 Å². The highest BCUT2D eigenvalue weighted by molar-refractivity contribution is 7.11. The highest BCUT2D eigenvalue weighted by Crippen LogP contribution is 2.57. The average molecular weight is 566 g/mol. The third-order valence-corrected chi connectivity index (χ3v) is 9.13. The number of fused-ring (bicyclic) bond motifs is 4. The van der Waals surface area contributed by atoms with Crippen LogP contribution in [0, 0.1) is 5.41 Å². The van der Waals surface area contributed by atoms with Gasteiger partial charge in [0.25, 0.3) is 10.8 Å². The molecule has 0 aliphatic heterocycles. The number of hydrogen-bond acceptors (Lipinski definition) is 9. The molecule has 1 aromatic carbocycles. The van der Waals surface area contributed by atoms with Crippen LogP contribution in [0.4, 0.5) is 0 Å². The maximum Gasteiger partial charge on any atom is 0.355 e. The van der Waals surface area contributed by atoms with Gasteiger partial charge in [0.1, 0.15) is 17.3 Å². The Labute approximate surface area is 234 Å². The average Bonchev–Trinajstić information content (AvgIpc) is 3.64. The van der Waals surface area contributed by atoms with Crippen LogP contribution in [0.5, 0.6) is 22.7 Å². The van der Waals surface area contributed by atoms with Crippen LogP contribution in [0.15, 0.2) is 34.4 Å². The molecule has 3 aliphatic carbocycles. The molecule has 3 saturated carbocycles. The molecule has 0 unspecified atom stereocenters. The largest absolute Gasteiger partial charge is 0.497 e. The smallest absolute Gasteiger partial charge is 0.355 e. The molecule has 4 aromatic rings. The summed E-state index contributed by atoms with van der Waals surface area (Å²) in [6.07, 6.45) is 6.38. The van der Waals surface area contributed by atoms with Crippen LogP contribution in [-0.2, 0) is 12.0 Å². The van der Waals surface area contributed by atoms with Crippen molar-refractivity contribution in [3.8, 4) is 22.7 Å². The Bertz CT molecular complexity index is 1600. The van der Waals surface area contributed by atoms with Crippen LogP contribution in [0.25, 0.3) is 11.2 Å². The predicted octanol–water partition coefficient (Wildman–Crippen LogP) is 5.16. The Morgan fingerprint density at radius 3 is 2.55 bits per heavy atom.